The lowest BCUT2D eigenvalue weighted by molar-refractivity contribution is -0.113. The summed E-state index contributed by atoms with van der Waals surface area (Å²) in [7, 11) is 4.62. The van der Waals surface area contributed by atoms with Crippen molar-refractivity contribution in [1.82, 2.24) is 0 Å². The Hall–Kier alpha value is -2.22. The van der Waals surface area contributed by atoms with Gasteiger partial charge >= 0.3 is 0 Å². The van der Waals surface area contributed by atoms with E-state index in [1.807, 2.05) is 0 Å². The highest BCUT2D eigenvalue weighted by molar-refractivity contribution is 8.27. The molecule has 1 saturated heterocycles. The van der Waals surface area contributed by atoms with Crippen molar-refractivity contribution in [2.75, 3.05) is 26.2 Å². The molecule has 1 aliphatic rings. The monoisotopic (exact) mass is 421 g/mol. The molecule has 0 saturated carbocycles. The summed E-state index contributed by atoms with van der Waals surface area (Å²) in [5, 5.41) is 0.537. The summed E-state index contributed by atoms with van der Waals surface area (Å²) in [5.74, 6) is 1.30. The van der Waals surface area contributed by atoms with Crippen LogP contribution in [0.15, 0.2) is 41.3 Å². The summed E-state index contributed by atoms with van der Waals surface area (Å²) in [6.07, 6.45) is 1.74. The first-order valence-corrected chi connectivity index (χ1v) is 9.42. The molecule has 1 heterocycles. The van der Waals surface area contributed by atoms with Gasteiger partial charge in [-0.1, -0.05) is 41.6 Å². The van der Waals surface area contributed by atoms with Crippen molar-refractivity contribution in [3.8, 4) is 17.2 Å². The number of carbonyl (C=O) groups excluding carboxylic acids is 1. The number of thiocarbonyl (C=S) groups is 1. The fourth-order valence-electron chi connectivity index (χ4n) is 2.64. The summed E-state index contributed by atoms with van der Waals surface area (Å²) in [6, 6.07) is 10.6. The minimum atomic E-state index is -0.207. The van der Waals surface area contributed by atoms with Crippen molar-refractivity contribution in [3.63, 3.8) is 0 Å². The maximum Gasteiger partial charge on any atom is 0.270 e. The van der Waals surface area contributed by atoms with E-state index in [1.54, 1.807) is 56.7 Å². The predicted molar refractivity (Wildman–Crippen MR) is 113 cm³/mol. The number of methoxy groups -OCH3 is 3. The zero-order chi connectivity index (χ0) is 19.6. The average molecular weight is 422 g/mol. The van der Waals surface area contributed by atoms with Crippen LogP contribution in [0.2, 0.25) is 5.02 Å². The molecule has 0 radical (unpaired) electrons. The van der Waals surface area contributed by atoms with Gasteiger partial charge in [-0.25, -0.2) is 0 Å². The van der Waals surface area contributed by atoms with Gasteiger partial charge < -0.3 is 14.2 Å². The van der Waals surface area contributed by atoms with Crippen molar-refractivity contribution in [3.05, 3.63) is 51.9 Å². The fraction of sp³-hybridized carbons (Fsp3) is 0.158. The summed E-state index contributed by atoms with van der Waals surface area (Å²) >= 11 is 12.7. The largest absolute Gasteiger partial charge is 0.493 e. The Kier molecular flexibility index (Phi) is 5.94. The topological polar surface area (TPSA) is 48.0 Å². The highest BCUT2D eigenvalue weighted by Crippen LogP contribution is 2.41. The van der Waals surface area contributed by atoms with Crippen molar-refractivity contribution < 1.29 is 19.0 Å². The number of ether oxygens (including phenoxy) is 3. The van der Waals surface area contributed by atoms with Gasteiger partial charge in [0.15, 0.2) is 15.8 Å². The number of nitrogens with zero attached hydrogens (tertiary/aromatic N) is 1. The molecule has 8 heteroatoms. The second-order valence-electron chi connectivity index (χ2n) is 5.46. The van der Waals surface area contributed by atoms with Crippen molar-refractivity contribution in [2.24, 2.45) is 0 Å². The molecule has 2 aromatic carbocycles. The van der Waals surface area contributed by atoms with Crippen LogP contribution in [0.25, 0.3) is 6.08 Å². The number of carbonyl (C=O) groups is 1. The number of benzene rings is 2. The minimum absolute atomic E-state index is 0.207. The SMILES string of the molecule is COc1cc(/C=C2\SC(=S)N(c3cccc(Cl)c3)C2=O)cc(OC)c1OC. The van der Waals surface area contributed by atoms with Crippen LogP contribution in [-0.2, 0) is 4.79 Å². The lowest BCUT2D eigenvalue weighted by Crippen LogP contribution is -2.27. The van der Waals surface area contributed by atoms with Gasteiger partial charge in [0.25, 0.3) is 5.91 Å². The quantitative estimate of drug-likeness (QED) is 0.512. The maximum absolute atomic E-state index is 12.9. The standard InChI is InChI=1S/C19H16ClNO4S2/c1-23-14-7-11(8-15(24-2)17(14)25-3)9-16-18(22)21(19(26)27-16)13-6-4-5-12(20)10-13/h4-10H,1-3H3/b16-9-. The first-order valence-electron chi connectivity index (χ1n) is 7.82. The van der Waals surface area contributed by atoms with Crippen molar-refractivity contribution in [1.29, 1.82) is 0 Å². The summed E-state index contributed by atoms with van der Waals surface area (Å²) in [6.45, 7) is 0. The highest BCUT2D eigenvalue weighted by Gasteiger charge is 2.33. The molecule has 0 aromatic heterocycles. The van der Waals surface area contributed by atoms with E-state index in [9.17, 15) is 4.79 Å². The van der Waals surface area contributed by atoms with Crippen LogP contribution >= 0.6 is 35.6 Å². The van der Waals surface area contributed by atoms with Crippen molar-refractivity contribution >= 4 is 57.6 Å². The average Bonchev–Trinajstić information content (AvgIpc) is 2.94. The number of thioether (sulfide) groups is 1. The molecule has 140 valence electrons. The molecule has 5 nitrogen and oxygen atoms in total. The second kappa shape index (κ2) is 8.21. The summed E-state index contributed by atoms with van der Waals surface area (Å²) < 4.78 is 16.5. The highest BCUT2D eigenvalue weighted by atomic mass is 35.5. The van der Waals surface area contributed by atoms with Crippen LogP contribution in [0.4, 0.5) is 5.69 Å². The van der Waals surface area contributed by atoms with Gasteiger partial charge in [0.1, 0.15) is 0 Å². The smallest absolute Gasteiger partial charge is 0.270 e. The maximum atomic E-state index is 12.9. The molecular weight excluding hydrogens is 406 g/mol. The Morgan fingerprint density at radius 1 is 1.07 bits per heavy atom. The molecule has 0 aliphatic carbocycles. The Bertz CT molecular complexity index is 920. The van der Waals surface area contributed by atoms with Gasteiger partial charge in [0, 0.05) is 5.02 Å². The molecule has 1 amide bonds. The predicted octanol–water partition coefficient (Wildman–Crippen LogP) is 4.77. The van der Waals surface area contributed by atoms with E-state index in [0.29, 0.717) is 37.2 Å². The van der Waals surface area contributed by atoms with Gasteiger partial charge in [-0.3, -0.25) is 9.69 Å². The molecule has 0 spiro atoms. The molecule has 1 aliphatic heterocycles. The third kappa shape index (κ3) is 3.90. The van der Waals surface area contributed by atoms with Gasteiger partial charge in [-0.05, 0) is 42.0 Å². The van der Waals surface area contributed by atoms with Crippen LogP contribution in [0.3, 0.4) is 0 Å². The van der Waals surface area contributed by atoms with Gasteiger partial charge in [-0.2, -0.15) is 0 Å². The Morgan fingerprint density at radius 2 is 1.74 bits per heavy atom. The third-order valence-electron chi connectivity index (χ3n) is 3.84. The molecule has 0 atom stereocenters. The molecule has 27 heavy (non-hydrogen) atoms. The van der Waals surface area contributed by atoms with Gasteiger partial charge in [-0.15, -0.1) is 0 Å². The lowest BCUT2D eigenvalue weighted by atomic mass is 10.1. The first kappa shape index (κ1) is 19.5. The van der Waals surface area contributed by atoms with E-state index < -0.39 is 0 Å². The summed E-state index contributed by atoms with van der Waals surface area (Å²) in [4.78, 5) is 14.8. The van der Waals surface area contributed by atoms with Crippen LogP contribution in [0, 0.1) is 0 Å². The normalized spacial score (nSPS) is 15.4. The number of rotatable bonds is 5. The number of anilines is 1. The number of hydrogen-bond donors (Lipinski definition) is 0. The van der Waals surface area contributed by atoms with Crippen LogP contribution in [0.1, 0.15) is 5.56 Å². The molecule has 0 unspecified atom stereocenters. The molecule has 2 aromatic rings. The lowest BCUT2D eigenvalue weighted by Gasteiger charge is -2.14. The fourth-order valence-corrected chi connectivity index (χ4v) is 4.13. The zero-order valence-electron chi connectivity index (χ0n) is 14.8. The van der Waals surface area contributed by atoms with Crippen LogP contribution in [-0.4, -0.2) is 31.6 Å². The van der Waals surface area contributed by atoms with Gasteiger partial charge in [0.05, 0.1) is 31.9 Å². The Balaban J connectivity index is 1.99. The van der Waals surface area contributed by atoms with E-state index in [0.717, 1.165) is 5.56 Å². The van der Waals surface area contributed by atoms with E-state index >= 15 is 0 Å². The zero-order valence-corrected chi connectivity index (χ0v) is 17.2. The molecule has 3 rings (SSSR count). The number of amides is 1. The van der Waals surface area contributed by atoms with Crippen molar-refractivity contribution in [2.45, 2.75) is 0 Å². The minimum Gasteiger partial charge on any atom is -0.493 e. The molecular formula is C19H16ClNO4S2. The van der Waals surface area contributed by atoms with Gasteiger partial charge in [0.2, 0.25) is 5.75 Å². The van der Waals surface area contributed by atoms with E-state index in [1.165, 1.54) is 23.8 Å². The summed E-state index contributed by atoms with van der Waals surface area (Å²) in [5.41, 5.74) is 1.37. The van der Waals surface area contributed by atoms with Crippen LogP contribution < -0.4 is 19.1 Å². The van der Waals surface area contributed by atoms with E-state index in [2.05, 4.69) is 0 Å². The Morgan fingerprint density at radius 3 is 2.30 bits per heavy atom. The second-order valence-corrected chi connectivity index (χ2v) is 7.57. The van der Waals surface area contributed by atoms with E-state index in [4.69, 9.17) is 38.0 Å². The molecule has 1 fully saturated rings. The first-order chi connectivity index (χ1) is 13.0. The van der Waals surface area contributed by atoms with E-state index in [-0.39, 0.29) is 5.91 Å². The van der Waals surface area contributed by atoms with Crippen LogP contribution in [0.5, 0.6) is 17.2 Å². The number of hydrogen-bond acceptors (Lipinski definition) is 6. The Labute approximate surface area is 171 Å². The molecule has 0 bridgehead atoms. The third-order valence-corrected chi connectivity index (χ3v) is 5.38. The molecule has 0 N–H and O–H groups in total. The number of halogens is 1.